The number of ether oxygens (including phenoxy) is 1. The van der Waals surface area contributed by atoms with E-state index in [9.17, 15) is 13.8 Å². The molecule has 0 heterocycles. The van der Waals surface area contributed by atoms with Gasteiger partial charge in [0.15, 0.2) is 0 Å². The summed E-state index contributed by atoms with van der Waals surface area (Å²) in [5.41, 5.74) is 0. The summed E-state index contributed by atoms with van der Waals surface area (Å²) in [6.07, 6.45) is 1.27. The summed E-state index contributed by atoms with van der Waals surface area (Å²) in [7, 11) is -4.08. The first-order valence-corrected chi connectivity index (χ1v) is 6.43. The molecular formula is C9H16FO5P. The average molecular weight is 254 g/mol. The van der Waals surface area contributed by atoms with Crippen LogP contribution in [0.15, 0.2) is 12.7 Å². The van der Waals surface area contributed by atoms with Gasteiger partial charge in [-0.1, -0.05) is 12.7 Å². The molecule has 0 rings (SSSR count). The molecule has 0 aliphatic rings. The second-order valence-corrected chi connectivity index (χ2v) is 4.68. The van der Waals surface area contributed by atoms with Crippen molar-refractivity contribution in [3.63, 3.8) is 0 Å². The maximum atomic E-state index is 13.5. The summed E-state index contributed by atoms with van der Waals surface area (Å²) in [4.78, 5) is 11.1. The van der Waals surface area contributed by atoms with Gasteiger partial charge < -0.3 is 13.8 Å². The molecule has 0 aromatic carbocycles. The fourth-order valence-electron chi connectivity index (χ4n) is 0.867. The maximum Gasteiger partial charge on any atom is 0.376 e. The molecule has 5 nitrogen and oxygen atoms in total. The largest absolute Gasteiger partial charge is 0.459 e. The number of carbonyl (C=O) groups excluding carboxylic acids is 1. The van der Waals surface area contributed by atoms with Gasteiger partial charge in [-0.05, 0) is 13.8 Å². The minimum Gasteiger partial charge on any atom is -0.459 e. The minimum absolute atomic E-state index is 0.0214. The van der Waals surface area contributed by atoms with E-state index in [0.29, 0.717) is 0 Å². The monoisotopic (exact) mass is 254 g/mol. The molecule has 0 aliphatic heterocycles. The summed E-state index contributed by atoms with van der Waals surface area (Å²) in [5.74, 6) is -3.70. The van der Waals surface area contributed by atoms with Crippen LogP contribution >= 0.6 is 7.60 Å². The van der Waals surface area contributed by atoms with E-state index in [-0.39, 0.29) is 19.8 Å². The van der Waals surface area contributed by atoms with Gasteiger partial charge in [-0.15, -0.1) is 0 Å². The van der Waals surface area contributed by atoms with Gasteiger partial charge in [0.2, 0.25) is 0 Å². The molecule has 0 aliphatic carbocycles. The summed E-state index contributed by atoms with van der Waals surface area (Å²) in [6.45, 7) is 6.14. The highest BCUT2D eigenvalue weighted by Crippen LogP contribution is 2.53. The first-order valence-electron chi connectivity index (χ1n) is 4.82. The molecule has 94 valence electrons. The summed E-state index contributed by atoms with van der Waals surface area (Å²) >= 11 is 0. The minimum atomic E-state index is -4.08. The third-order valence-electron chi connectivity index (χ3n) is 1.43. The van der Waals surface area contributed by atoms with Crippen molar-refractivity contribution < 1.29 is 27.5 Å². The van der Waals surface area contributed by atoms with Crippen LogP contribution < -0.4 is 0 Å². The number of alkyl halides is 1. The Bertz CT molecular complexity index is 271. The van der Waals surface area contributed by atoms with E-state index < -0.39 is 19.5 Å². The Morgan fingerprint density at radius 1 is 1.44 bits per heavy atom. The second kappa shape index (κ2) is 7.54. The van der Waals surface area contributed by atoms with Crippen molar-refractivity contribution in [1.82, 2.24) is 0 Å². The van der Waals surface area contributed by atoms with E-state index in [4.69, 9.17) is 0 Å². The van der Waals surface area contributed by atoms with Crippen molar-refractivity contribution in [3.8, 4) is 0 Å². The van der Waals surface area contributed by atoms with Crippen molar-refractivity contribution in [1.29, 1.82) is 0 Å². The lowest BCUT2D eigenvalue weighted by Gasteiger charge is -2.19. The molecule has 0 amide bonds. The highest BCUT2D eigenvalue weighted by molar-refractivity contribution is 7.55. The van der Waals surface area contributed by atoms with Gasteiger partial charge in [0.05, 0.1) is 13.2 Å². The molecule has 16 heavy (non-hydrogen) atoms. The lowest BCUT2D eigenvalue weighted by molar-refractivity contribution is -0.145. The van der Waals surface area contributed by atoms with Gasteiger partial charge in [0, 0.05) is 0 Å². The Morgan fingerprint density at radius 3 is 2.31 bits per heavy atom. The lowest BCUT2D eigenvalue weighted by atomic mass is 10.7. The number of hydrogen-bond acceptors (Lipinski definition) is 5. The van der Waals surface area contributed by atoms with E-state index >= 15 is 0 Å². The quantitative estimate of drug-likeness (QED) is 0.378. The zero-order valence-corrected chi connectivity index (χ0v) is 10.2. The predicted molar refractivity (Wildman–Crippen MR) is 56.9 cm³/mol. The molecular weight excluding hydrogens is 238 g/mol. The van der Waals surface area contributed by atoms with Crippen LogP contribution in [0.1, 0.15) is 13.8 Å². The van der Waals surface area contributed by atoms with Gasteiger partial charge in [0.1, 0.15) is 6.61 Å². The maximum absolute atomic E-state index is 13.5. The molecule has 0 spiro atoms. The Kier molecular flexibility index (Phi) is 7.21. The van der Waals surface area contributed by atoms with Crippen LogP contribution in [-0.4, -0.2) is 31.7 Å². The van der Waals surface area contributed by atoms with Gasteiger partial charge >= 0.3 is 13.6 Å². The molecule has 0 radical (unpaired) electrons. The standard InChI is InChI=1S/C9H16FO5P/c1-4-7-13-9(11)8(10)16(12,14-5-2)15-6-3/h4,8H,1,5-7H2,2-3H3. The number of carbonyl (C=O) groups is 1. The Morgan fingerprint density at radius 2 is 1.94 bits per heavy atom. The van der Waals surface area contributed by atoms with Crippen LogP contribution in [0.25, 0.3) is 0 Å². The molecule has 0 bridgehead atoms. The predicted octanol–water partition coefficient (Wildman–Crippen LogP) is 2.28. The van der Waals surface area contributed by atoms with Crippen LogP contribution in [0.4, 0.5) is 4.39 Å². The molecule has 7 heteroatoms. The van der Waals surface area contributed by atoms with E-state index in [1.54, 1.807) is 0 Å². The summed E-state index contributed by atoms with van der Waals surface area (Å²) in [5, 5.41) is 0. The molecule has 0 aromatic rings. The first kappa shape index (κ1) is 15.3. The highest BCUT2D eigenvalue weighted by Gasteiger charge is 2.42. The van der Waals surface area contributed by atoms with E-state index in [0.717, 1.165) is 0 Å². The van der Waals surface area contributed by atoms with E-state index in [1.807, 2.05) is 0 Å². The van der Waals surface area contributed by atoms with Crippen LogP contribution in [0, 0.1) is 0 Å². The summed E-state index contributed by atoms with van der Waals surface area (Å²) < 4.78 is 39.0. The van der Waals surface area contributed by atoms with Crippen molar-refractivity contribution in [3.05, 3.63) is 12.7 Å². The van der Waals surface area contributed by atoms with Crippen molar-refractivity contribution in [2.75, 3.05) is 19.8 Å². The molecule has 1 unspecified atom stereocenters. The fourth-order valence-corrected chi connectivity index (χ4v) is 2.26. The molecule has 0 aromatic heterocycles. The Hall–Kier alpha value is -0.710. The average Bonchev–Trinajstić information content (AvgIpc) is 2.25. The van der Waals surface area contributed by atoms with Crippen LogP contribution in [0.5, 0.6) is 0 Å². The first-order chi connectivity index (χ1) is 7.51. The Balaban J connectivity index is 4.59. The molecule has 0 N–H and O–H groups in total. The number of hydrogen-bond donors (Lipinski definition) is 0. The number of esters is 1. The van der Waals surface area contributed by atoms with Gasteiger partial charge in [-0.2, -0.15) is 0 Å². The van der Waals surface area contributed by atoms with Crippen molar-refractivity contribution in [2.45, 2.75) is 19.8 Å². The van der Waals surface area contributed by atoms with Gasteiger partial charge in [-0.25, -0.2) is 9.18 Å². The smallest absolute Gasteiger partial charge is 0.376 e. The third kappa shape index (κ3) is 4.43. The van der Waals surface area contributed by atoms with Crippen molar-refractivity contribution in [2.24, 2.45) is 0 Å². The normalized spacial score (nSPS) is 13.2. The zero-order valence-electron chi connectivity index (χ0n) is 9.35. The van der Waals surface area contributed by atoms with Crippen LogP contribution in [0.2, 0.25) is 0 Å². The highest BCUT2D eigenvalue weighted by atomic mass is 31.2. The zero-order chi connectivity index (χ0) is 12.6. The Labute approximate surface area is 94.1 Å². The molecule has 0 saturated carbocycles. The van der Waals surface area contributed by atoms with E-state index in [1.165, 1.54) is 19.9 Å². The van der Waals surface area contributed by atoms with Crippen LogP contribution in [-0.2, 0) is 23.1 Å². The fraction of sp³-hybridized carbons (Fsp3) is 0.667. The lowest BCUT2D eigenvalue weighted by Crippen LogP contribution is -2.21. The summed E-state index contributed by atoms with van der Waals surface area (Å²) in [6, 6.07) is 0. The topological polar surface area (TPSA) is 61.8 Å². The van der Waals surface area contributed by atoms with Gasteiger partial charge in [-0.3, -0.25) is 4.57 Å². The molecule has 0 fully saturated rings. The number of rotatable bonds is 8. The number of halogens is 1. The second-order valence-electron chi connectivity index (χ2n) is 2.63. The van der Waals surface area contributed by atoms with Crippen molar-refractivity contribution >= 4 is 13.6 Å². The van der Waals surface area contributed by atoms with Crippen LogP contribution in [0.3, 0.4) is 0 Å². The van der Waals surface area contributed by atoms with E-state index in [2.05, 4.69) is 20.4 Å². The molecule has 0 saturated heterocycles. The molecule has 1 atom stereocenters. The third-order valence-corrected chi connectivity index (χ3v) is 3.44. The SMILES string of the molecule is C=CCOC(=O)C(F)P(=O)(OCC)OCC. The van der Waals surface area contributed by atoms with Gasteiger partial charge in [0.25, 0.3) is 5.91 Å².